The number of ether oxygens (including phenoxy) is 1. The van der Waals surface area contributed by atoms with Crippen molar-refractivity contribution in [3.63, 3.8) is 0 Å². The van der Waals surface area contributed by atoms with E-state index < -0.39 is 17.9 Å². The molecule has 0 bridgehead atoms. The van der Waals surface area contributed by atoms with E-state index in [-0.39, 0.29) is 60.9 Å². The Hall–Kier alpha value is -6.10. The highest BCUT2D eigenvalue weighted by molar-refractivity contribution is 6.05. The Morgan fingerprint density at radius 2 is 1.82 bits per heavy atom. The second-order valence-corrected chi connectivity index (χ2v) is 14.1. The molecule has 4 aliphatic heterocycles. The molecule has 3 fully saturated rings. The fourth-order valence-electron chi connectivity index (χ4n) is 7.57. The maximum absolute atomic E-state index is 13.1. The number of aromatic nitrogens is 2. The van der Waals surface area contributed by atoms with Crippen molar-refractivity contribution in [3.8, 4) is 0 Å². The third kappa shape index (κ3) is 8.06. The first kappa shape index (κ1) is 37.2. The number of benzene rings is 2. The summed E-state index contributed by atoms with van der Waals surface area (Å²) in [6.07, 6.45) is 4.35. The van der Waals surface area contributed by atoms with Crippen LogP contribution in [0.5, 0.6) is 0 Å². The number of carbonyl (C=O) groups excluding carboxylic acids is 6. The Morgan fingerprint density at radius 3 is 2.56 bits per heavy atom. The number of amides is 7. The summed E-state index contributed by atoms with van der Waals surface area (Å²) in [5, 5.41) is 8.29. The van der Waals surface area contributed by atoms with Gasteiger partial charge in [-0.05, 0) is 67.1 Å². The summed E-state index contributed by atoms with van der Waals surface area (Å²) < 4.78 is 5.79. The molecule has 55 heavy (non-hydrogen) atoms. The first-order valence-corrected chi connectivity index (χ1v) is 18.5. The van der Waals surface area contributed by atoms with Crippen LogP contribution in [0.2, 0.25) is 0 Å². The number of nitrogens with zero attached hydrogens (tertiary/aromatic N) is 6. The number of piperidine rings is 2. The van der Waals surface area contributed by atoms with Crippen LogP contribution < -0.4 is 26.6 Å². The largest absolute Gasteiger partial charge is 0.379 e. The van der Waals surface area contributed by atoms with E-state index in [1.165, 1.54) is 11.1 Å². The number of nitrogens with two attached hydrogens (primary N) is 1. The summed E-state index contributed by atoms with van der Waals surface area (Å²) in [5.74, 6) is -1.25. The first-order chi connectivity index (χ1) is 26.6. The molecule has 3 aromatic rings. The Balaban J connectivity index is 0.883. The summed E-state index contributed by atoms with van der Waals surface area (Å²) in [6.45, 7) is 3.93. The average molecular weight is 753 g/mol. The molecule has 5 N–H and O–H groups in total. The van der Waals surface area contributed by atoms with Gasteiger partial charge in [0, 0.05) is 69.6 Å². The summed E-state index contributed by atoms with van der Waals surface area (Å²) in [5.41, 5.74) is 8.97. The number of fused-ring (bicyclic) bond motifs is 1. The van der Waals surface area contributed by atoms with E-state index in [4.69, 9.17) is 15.5 Å². The van der Waals surface area contributed by atoms with E-state index in [1.807, 2.05) is 17.0 Å². The number of nitrogens with one attached hydrogen (secondary N) is 3. The average Bonchev–Trinajstić information content (AvgIpc) is 3.70. The molecule has 17 nitrogen and oxygen atoms in total. The third-order valence-corrected chi connectivity index (χ3v) is 10.5. The molecule has 17 heteroatoms. The lowest BCUT2D eigenvalue weighted by Crippen LogP contribution is -2.52. The summed E-state index contributed by atoms with van der Waals surface area (Å²) >= 11 is 0. The van der Waals surface area contributed by atoms with Gasteiger partial charge in [0.1, 0.15) is 11.9 Å². The minimum atomic E-state index is -0.735. The summed E-state index contributed by atoms with van der Waals surface area (Å²) in [7, 11) is 1.80. The Morgan fingerprint density at radius 1 is 1.00 bits per heavy atom. The van der Waals surface area contributed by atoms with Crippen LogP contribution in [0.3, 0.4) is 0 Å². The highest BCUT2D eigenvalue weighted by Gasteiger charge is 2.40. The monoisotopic (exact) mass is 752 g/mol. The number of likely N-dealkylation sites (N-methyl/N-ethyl adjacent to an activating group) is 1. The molecule has 0 spiro atoms. The van der Waals surface area contributed by atoms with Crippen LogP contribution in [-0.2, 0) is 27.3 Å². The Bertz CT molecular complexity index is 2010. The number of anilines is 3. The molecule has 2 atom stereocenters. The molecule has 5 heterocycles. The van der Waals surface area contributed by atoms with E-state index in [9.17, 15) is 28.8 Å². The van der Waals surface area contributed by atoms with E-state index in [0.29, 0.717) is 68.3 Å². The Kier molecular flexibility index (Phi) is 10.9. The topological polar surface area (TPSA) is 212 Å². The fraction of sp³-hybridized carbons (Fsp3) is 0.421. The number of hydrogen-bond donors (Lipinski definition) is 4. The zero-order chi connectivity index (χ0) is 38.6. The smallest absolute Gasteiger partial charge is 0.320 e. The van der Waals surface area contributed by atoms with Gasteiger partial charge in [-0.2, -0.15) is 0 Å². The highest BCUT2D eigenvalue weighted by atomic mass is 16.5. The van der Waals surface area contributed by atoms with Gasteiger partial charge in [0.05, 0.1) is 25.5 Å². The zero-order valence-corrected chi connectivity index (χ0v) is 30.6. The second-order valence-electron chi connectivity index (χ2n) is 14.1. The van der Waals surface area contributed by atoms with Crippen molar-refractivity contribution >= 4 is 52.9 Å². The van der Waals surface area contributed by atoms with Gasteiger partial charge in [-0.25, -0.2) is 14.8 Å². The van der Waals surface area contributed by atoms with Crippen LogP contribution in [0.25, 0.3) is 0 Å². The standard InChI is InChI=1S/C38H44N10O7/c1-45-16-17-47(38(45)54)26-5-3-15-46(21-26)30-20-41-32(33(39)50)34(43-30)42-25-9-7-24(8-10-25)35(51)40-14-19-55-18-13-23-4-2-6-27-28(23)22-48(37(27)53)29-11-12-31(49)44-36(29)52/h2,4,6-10,20,26,29H,3,5,11-19,21-22H2,1H3,(H2,39,50)(H,40,51)(H,42,43)(H,44,49,52)/t26-,29?/m1/s1. The van der Waals surface area contributed by atoms with Gasteiger partial charge in [0.15, 0.2) is 11.5 Å². The minimum absolute atomic E-state index is 0.0187. The summed E-state index contributed by atoms with van der Waals surface area (Å²) in [4.78, 5) is 91.0. The highest BCUT2D eigenvalue weighted by Crippen LogP contribution is 2.30. The molecule has 1 aromatic heterocycles. The van der Waals surface area contributed by atoms with Crippen molar-refractivity contribution in [1.82, 2.24) is 35.3 Å². The maximum atomic E-state index is 13.1. The molecule has 0 aliphatic carbocycles. The maximum Gasteiger partial charge on any atom is 0.320 e. The van der Waals surface area contributed by atoms with Crippen LogP contribution in [0.4, 0.5) is 22.1 Å². The van der Waals surface area contributed by atoms with Crippen molar-refractivity contribution in [2.24, 2.45) is 5.73 Å². The lowest BCUT2D eigenvalue weighted by molar-refractivity contribution is -0.136. The van der Waals surface area contributed by atoms with Gasteiger partial charge >= 0.3 is 6.03 Å². The number of imide groups is 1. The zero-order valence-electron chi connectivity index (χ0n) is 30.6. The van der Waals surface area contributed by atoms with Crippen molar-refractivity contribution in [2.75, 3.05) is 63.2 Å². The van der Waals surface area contributed by atoms with E-state index in [2.05, 4.69) is 25.8 Å². The quantitative estimate of drug-likeness (QED) is 0.145. The van der Waals surface area contributed by atoms with Gasteiger partial charge in [-0.15, -0.1) is 0 Å². The molecule has 288 valence electrons. The fourth-order valence-corrected chi connectivity index (χ4v) is 7.57. The molecule has 3 saturated heterocycles. The van der Waals surface area contributed by atoms with E-state index in [1.54, 1.807) is 42.3 Å². The lowest BCUT2D eigenvalue weighted by atomic mass is 10.0. The molecule has 1 unspecified atom stereocenters. The molecular formula is C38H44N10O7. The minimum Gasteiger partial charge on any atom is -0.379 e. The molecule has 2 aromatic carbocycles. The van der Waals surface area contributed by atoms with E-state index >= 15 is 0 Å². The molecular weight excluding hydrogens is 708 g/mol. The van der Waals surface area contributed by atoms with Gasteiger partial charge < -0.3 is 40.7 Å². The number of hydrogen-bond acceptors (Lipinski definition) is 11. The third-order valence-electron chi connectivity index (χ3n) is 10.5. The van der Waals surface area contributed by atoms with Gasteiger partial charge in [0.2, 0.25) is 11.8 Å². The Labute approximate surface area is 317 Å². The van der Waals surface area contributed by atoms with Crippen LogP contribution in [-0.4, -0.2) is 125 Å². The predicted octanol–water partition coefficient (Wildman–Crippen LogP) is 1.41. The summed E-state index contributed by atoms with van der Waals surface area (Å²) in [6, 6.07) is 11.6. The number of rotatable bonds is 13. The van der Waals surface area contributed by atoms with Crippen molar-refractivity contribution in [2.45, 2.75) is 50.7 Å². The molecule has 7 rings (SSSR count). The first-order valence-electron chi connectivity index (χ1n) is 18.5. The number of primary amides is 1. The molecule has 0 radical (unpaired) electrons. The van der Waals surface area contributed by atoms with E-state index in [0.717, 1.165) is 30.5 Å². The van der Waals surface area contributed by atoms with Crippen molar-refractivity contribution in [3.05, 3.63) is 76.6 Å². The van der Waals surface area contributed by atoms with Crippen LogP contribution in [0.15, 0.2) is 48.7 Å². The molecule has 4 aliphatic rings. The molecule has 0 saturated carbocycles. The normalized spacial score (nSPS) is 19.8. The van der Waals surface area contributed by atoms with Crippen molar-refractivity contribution < 1.29 is 33.5 Å². The van der Waals surface area contributed by atoms with Gasteiger partial charge in [-0.3, -0.25) is 29.3 Å². The number of urea groups is 1. The number of carbonyl (C=O) groups is 6. The molecule has 7 amide bonds. The van der Waals surface area contributed by atoms with Crippen LogP contribution >= 0.6 is 0 Å². The SMILES string of the molecule is CN1CCN([C@@H]2CCCN(c3cnc(C(N)=O)c(Nc4ccc(C(=O)NCCOCCc5cccc6c5CN(C5CCC(=O)NC5=O)C6=O)cc4)n3)C2)C1=O. The van der Waals surface area contributed by atoms with Crippen molar-refractivity contribution in [1.29, 1.82) is 0 Å². The predicted molar refractivity (Wildman–Crippen MR) is 200 cm³/mol. The van der Waals surface area contributed by atoms with Crippen LogP contribution in [0.1, 0.15) is 68.0 Å². The van der Waals surface area contributed by atoms with Crippen LogP contribution in [0, 0.1) is 0 Å². The van der Waals surface area contributed by atoms with Gasteiger partial charge in [-0.1, -0.05) is 12.1 Å². The van der Waals surface area contributed by atoms with Gasteiger partial charge in [0.25, 0.3) is 17.7 Å². The second kappa shape index (κ2) is 16.1. The lowest BCUT2D eigenvalue weighted by Gasteiger charge is -2.37.